The number of benzene rings is 1. The Morgan fingerprint density at radius 2 is 2.20 bits per heavy atom. The molecule has 3 aromatic rings. The minimum Gasteiger partial charge on any atom is -0.373 e. The number of fused-ring (bicyclic) bond motifs is 1. The number of rotatable bonds is 3. The van der Waals surface area contributed by atoms with Gasteiger partial charge in [0.25, 0.3) is 0 Å². The molecule has 0 spiro atoms. The maximum Gasteiger partial charge on any atom is 0.249 e. The second-order valence-electron chi connectivity index (χ2n) is 4.86. The number of para-hydroxylation sites is 1. The van der Waals surface area contributed by atoms with Crippen LogP contribution in [-0.4, -0.2) is 10.1 Å². The van der Waals surface area contributed by atoms with Crippen molar-refractivity contribution in [3.05, 3.63) is 63.9 Å². The first-order valence-corrected chi connectivity index (χ1v) is 7.46. The summed E-state index contributed by atoms with van der Waals surface area (Å²) in [6.45, 7) is 0. The summed E-state index contributed by atoms with van der Waals surface area (Å²) >= 11 is 1.71. The summed E-state index contributed by atoms with van der Waals surface area (Å²) in [5, 5.41) is 9.57. The molecular weight excluding hydrogens is 270 g/mol. The zero-order valence-electron chi connectivity index (χ0n) is 10.7. The Morgan fingerprint density at radius 3 is 3.05 bits per heavy atom. The number of hydrogen-bond donors (Lipinski definition) is 1. The van der Waals surface area contributed by atoms with E-state index in [9.17, 15) is 0 Å². The topological polar surface area (TPSA) is 51.0 Å². The van der Waals surface area contributed by atoms with Gasteiger partial charge in [0.1, 0.15) is 6.04 Å². The van der Waals surface area contributed by atoms with Crippen molar-refractivity contribution < 1.29 is 4.52 Å². The molecule has 0 fully saturated rings. The van der Waals surface area contributed by atoms with E-state index in [4.69, 9.17) is 4.52 Å². The summed E-state index contributed by atoms with van der Waals surface area (Å²) < 4.78 is 5.41. The van der Waals surface area contributed by atoms with Gasteiger partial charge in [-0.3, -0.25) is 0 Å². The second kappa shape index (κ2) is 4.76. The van der Waals surface area contributed by atoms with Gasteiger partial charge >= 0.3 is 0 Å². The van der Waals surface area contributed by atoms with Crippen LogP contribution in [0.3, 0.4) is 0 Å². The third-order valence-electron chi connectivity index (χ3n) is 3.47. The number of aromatic nitrogens is 2. The van der Waals surface area contributed by atoms with E-state index in [-0.39, 0.29) is 6.04 Å². The normalized spacial score (nSPS) is 16.9. The van der Waals surface area contributed by atoms with Crippen molar-refractivity contribution in [2.24, 2.45) is 0 Å². The lowest BCUT2D eigenvalue weighted by Crippen LogP contribution is -2.06. The summed E-state index contributed by atoms with van der Waals surface area (Å²) in [7, 11) is 0. The van der Waals surface area contributed by atoms with Gasteiger partial charge in [0.15, 0.2) is 5.82 Å². The molecule has 1 aliphatic rings. The Balaban J connectivity index is 1.52. The highest BCUT2D eigenvalue weighted by molar-refractivity contribution is 7.09. The molecule has 1 N–H and O–H groups in total. The van der Waals surface area contributed by atoms with Crippen LogP contribution in [0.25, 0.3) is 0 Å². The number of anilines is 1. The molecule has 4 nitrogen and oxygen atoms in total. The molecule has 100 valence electrons. The predicted molar refractivity (Wildman–Crippen MR) is 77.9 cm³/mol. The van der Waals surface area contributed by atoms with Crippen LogP contribution in [0.1, 0.15) is 28.2 Å². The number of hydrogen-bond acceptors (Lipinski definition) is 5. The smallest absolute Gasteiger partial charge is 0.249 e. The molecule has 0 amide bonds. The van der Waals surface area contributed by atoms with Gasteiger partial charge in [-0.05, 0) is 23.1 Å². The van der Waals surface area contributed by atoms with Gasteiger partial charge in [-0.2, -0.15) is 4.98 Å². The highest BCUT2D eigenvalue weighted by Gasteiger charge is 2.26. The van der Waals surface area contributed by atoms with Gasteiger partial charge in [-0.25, -0.2) is 0 Å². The zero-order valence-corrected chi connectivity index (χ0v) is 11.6. The SMILES string of the molecule is c1csc(Cc2noc([C@@H]3Cc4ccccc4N3)n2)c1. The minimum absolute atomic E-state index is 0.0944. The van der Waals surface area contributed by atoms with E-state index in [2.05, 4.69) is 45.1 Å². The largest absolute Gasteiger partial charge is 0.373 e. The summed E-state index contributed by atoms with van der Waals surface area (Å²) in [5.41, 5.74) is 2.46. The fourth-order valence-electron chi connectivity index (χ4n) is 2.50. The Morgan fingerprint density at radius 1 is 1.25 bits per heavy atom. The summed E-state index contributed by atoms with van der Waals surface area (Å²) in [6.07, 6.45) is 1.64. The molecule has 0 unspecified atom stereocenters. The molecule has 0 saturated heterocycles. The number of nitrogens with zero attached hydrogens (tertiary/aromatic N) is 2. The molecule has 0 saturated carbocycles. The van der Waals surface area contributed by atoms with Crippen LogP contribution in [-0.2, 0) is 12.8 Å². The lowest BCUT2D eigenvalue weighted by atomic mass is 10.1. The zero-order chi connectivity index (χ0) is 13.4. The molecule has 1 aliphatic heterocycles. The van der Waals surface area contributed by atoms with Crippen molar-refractivity contribution in [1.82, 2.24) is 10.1 Å². The summed E-state index contributed by atoms with van der Waals surface area (Å²) in [5.74, 6) is 1.42. The fourth-order valence-corrected chi connectivity index (χ4v) is 3.20. The van der Waals surface area contributed by atoms with Crippen molar-refractivity contribution in [3.63, 3.8) is 0 Å². The van der Waals surface area contributed by atoms with Crippen LogP contribution in [0, 0.1) is 0 Å². The molecule has 1 atom stereocenters. The maximum absolute atomic E-state index is 5.41. The predicted octanol–water partition coefficient (Wildman–Crippen LogP) is 3.43. The molecule has 3 heterocycles. The lowest BCUT2D eigenvalue weighted by Gasteiger charge is -2.04. The van der Waals surface area contributed by atoms with Crippen LogP contribution in [0.5, 0.6) is 0 Å². The van der Waals surface area contributed by atoms with Crippen molar-refractivity contribution in [1.29, 1.82) is 0 Å². The molecule has 4 rings (SSSR count). The summed E-state index contributed by atoms with van der Waals surface area (Å²) in [4.78, 5) is 5.77. The second-order valence-corrected chi connectivity index (χ2v) is 5.90. The fraction of sp³-hybridized carbons (Fsp3) is 0.200. The first kappa shape index (κ1) is 11.7. The van der Waals surface area contributed by atoms with E-state index in [0.717, 1.165) is 24.4 Å². The highest BCUT2D eigenvalue weighted by atomic mass is 32.1. The summed E-state index contributed by atoms with van der Waals surface area (Å²) in [6, 6.07) is 12.5. The Labute approximate surface area is 120 Å². The first-order chi connectivity index (χ1) is 9.88. The van der Waals surface area contributed by atoms with Crippen LogP contribution in [0.15, 0.2) is 46.3 Å². The molecule has 5 heteroatoms. The quantitative estimate of drug-likeness (QED) is 0.800. The maximum atomic E-state index is 5.41. The van der Waals surface area contributed by atoms with Crippen molar-refractivity contribution in [2.75, 3.05) is 5.32 Å². The third kappa shape index (κ3) is 2.10. The van der Waals surface area contributed by atoms with E-state index < -0.39 is 0 Å². The van der Waals surface area contributed by atoms with E-state index in [1.54, 1.807) is 11.3 Å². The van der Waals surface area contributed by atoms with Crippen LogP contribution in [0.2, 0.25) is 0 Å². The van der Waals surface area contributed by atoms with Gasteiger partial charge < -0.3 is 9.84 Å². The highest BCUT2D eigenvalue weighted by Crippen LogP contribution is 2.33. The van der Waals surface area contributed by atoms with E-state index in [1.165, 1.54) is 10.4 Å². The lowest BCUT2D eigenvalue weighted by molar-refractivity contribution is 0.360. The van der Waals surface area contributed by atoms with E-state index >= 15 is 0 Å². The van der Waals surface area contributed by atoms with Gasteiger partial charge in [0, 0.05) is 23.4 Å². The van der Waals surface area contributed by atoms with Gasteiger partial charge in [-0.15, -0.1) is 11.3 Å². The van der Waals surface area contributed by atoms with E-state index in [1.807, 2.05) is 12.1 Å². The molecule has 0 aliphatic carbocycles. The molecule has 20 heavy (non-hydrogen) atoms. The minimum atomic E-state index is 0.0944. The first-order valence-electron chi connectivity index (χ1n) is 6.58. The molecule has 0 bridgehead atoms. The van der Waals surface area contributed by atoms with Gasteiger partial charge in [0.05, 0.1) is 0 Å². The van der Waals surface area contributed by atoms with Crippen LogP contribution in [0.4, 0.5) is 5.69 Å². The number of thiophene rings is 1. The van der Waals surface area contributed by atoms with Crippen molar-refractivity contribution in [2.45, 2.75) is 18.9 Å². The molecular formula is C15H13N3OS. The molecule has 0 radical (unpaired) electrons. The van der Waals surface area contributed by atoms with Crippen molar-refractivity contribution in [3.8, 4) is 0 Å². The Hall–Kier alpha value is -2.14. The monoisotopic (exact) mass is 283 g/mol. The average molecular weight is 283 g/mol. The van der Waals surface area contributed by atoms with Gasteiger partial charge in [-0.1, -0.05) is 29.4 Å². The van der Waals surface area contributed by atoms with Crippen LogP contribution < -0.4 is 5.32 Å². The van der Waals surface area contributed by atoms with Crippen LogP contribution >= 0.6 is 11.3 Å². The Bertz CT molecular complexity index is 695. The average Bonchev–Trinajstić information content (AvgIpc) is 3.18. The number of nitrogens with one attached hydrogen (secondary N) is 1. The Kier molecular flexibility index (Phi) is 2.77. The molecule has 1 aromatic carbocycles. The standard InChI is InChI=1S/C15H13N3OS/c1-2-6-12-10(4-1)8-13(16-12)15-17-14(18-19-15)9-11-5-3-7-20-11/h1-7,13,16H,8-9H2/t13-/m0/s1. The van der Waals surface area contributed by atoms with Gasteiger partial charge in [0.2, 0.25) is 5.89 Å². The third-order valence-corrected chi connectivity index (χ3v) is 4.34. The van der Waals surface area contributed by atoms with Crippen molar-refractivity contribution >= 4 is 17.0 Å². The van der Waals surface area contributed by atoms with E-state index in [0.29, 0.717) is 5.89 Å². The molecule has 2 aromatic heterocycles.